The lowest BCUT2D eigenvalue weighted by atomic mass is 10.4. The highest BCUT2D eigenvalue weighted by Gasteiger charge is 2.13. The van der Waals surface area contributed by atoms with Crippen molar-refractivity contribution in [1.29, 1.82) is 0 Å². The predicted octanol–water partition coefficient (Wildman–Crippen LogP) is 2.69. The van der Waals surface area contributed by atoms with Crippen LogP contribution in [0.4, 0.5) is 10.8 Å². The Morgan fingerprint density at radius 3 is 2.84 bits per heavy atom. The molecule has 0 aliphatic carbocycles. The molecule has 0 aromatic carbocycles. The number of hydrogen-bond donors (Lipinski definition) is 2. The van der Waals surface area contributed by atoms with Gasteiger partial charge in [0.2, 0.25) is 5.88 Å². The highest BCUT2D eigenvalue weighted by atomic mass is 32.1. The van der Waals surface area contributed by atoms with Crippen molar-refractivity contribution < 1.29 is 14.6 Å². The van der Waals surface area contributed by atoms with Gasteiger partial charge in [0.1, 0.15) is 4.88 Å². The molecule has 0 amide bonds. The molecule has 2 aromatic heterocycles. The van der Waals surface area contributed by atoms with Crippen molar-refractivity contribution in [3.05, 3.63) is 28.9 Å². The highest BCUT2D eigenvalue weighted by Crippen LogP contribution is 2.25. The summed E-state index contributed by atoms with van der Waals surface area (Å²) >= 11 is 1.10. The van der Waals surface area contributed by atoms with Crippen LogP contribution in [-0.2, 0) is 0 Å². The molecule has 0 aliphatic heterocycles. The van der Waals surface area contributed by atoms with Gasteiger partial charge < -0.3 is 15.2 Å². The van der Waals surface area contributed by atoms with Gasteiger partial charge in [-0.05, 0) is 19.9 Å². The Morgan fingerprint density at radius 2 is 2.32 bits per heavy atom. The Hall–Kier alpha value is -2.15. The third-order valence-electron chi connectivity index (χ3n) is 2.27. The van der Waals surface area contributed by atoms with Crippen LogP contribution in [0.15, 0.2) is 18.3 Å². The average Bonchev–Trinajstić information content (AvgIpc) is 2.73. The van der Waals surface area contributed by atoms with E-state index in [9.17, 15) is 4.79 Å². The number of aryl methyl sites for hydroxylation is 1. The first-order valence-corrected chi connectivity index (χ1v) is 6.48. The molecule has 0 fully saturated rings. The normalized spacial score (nSPS) is 10.2. The molecule has 100 valence electrons. The van der Waals surface area contributed by atoms with Crippen molar-refractivity contribution in [2.45, 2.75) is 13.8 Å². The van der Waals surface area contributed by atoms with E-state index in [2.05, 4.69) is 15.3 Å². The van der Waals surface area contributed by atoms with Crippen LogP contribution in [0.1, 0.15) is 22.3 Å². The van der Waals surface area contributed by atoms with E-state index in [0.29, 0.717) is 23.3 Å². The third kappa shape index (κ3) is 3.19. The highest BCUT2D eigenvalue weighted by molar-refractivity contribution is 7.17. The predicted molar refractivity (Wildman–Crippen MR) is 72.5 cm³/mol. The van der Waals surface area contributed by atoms with Crippen LogP contribution in [0.3, 0.4) is 0 Å². The van der Waals surface area contributed by atoms with Crippen molar-refractivity contribution >= 4 is 28.1 Å². The number of nitrogens with one attached hydrogen (secondary N) is 1. The molecule has 2 rings (SSSR count). The fraction of sp³-hybridized carbons (Fsp3) is 0.250. The Labute approximate surface area is 114 Å². The lowest BCUT2D eigenvalue weighted by Gasteiger charge is -2.04. The number of ether oxygens (including phenoxy) is 1. The number of aromatic carboxylic acids is 1. The standard InChI is InChI=1S/C12H13N3O3S/c1-3-18-9-5-4-8(6-13-9)15-12-14-7(2)10(19-12)11(16)17/h4-6H,3H2,1-2H3,(H,14,15)(H,16,17). The van der Waals surface area contributed by atoms with E-state index in [1.807, 2.05) is 6.92 Å². The minimum Gasteiger partial charge on any atom is -0.478 e. The summed E-state index contributed by atoms with van der Waals surface area (Å²) in [6, 6.07) is 3.54. The van der Waals surface area contributed by atoms with Gasteiger partial charge in [-0.2, -0.15) is 0 Å². The van der Waals surface area contributed by atoms with Crippen LogP contribution < -0.4 is 10.1 Å². The topological polar surface area (TPSA) is 84.3 Å². The molecule has 0 radical (unpaired) electrons. The maximum Gasteiger partial charge on any atom is 0.347 e. The molecule has 2 aromatic rings. The molecular formula is C12H13N3O3S. The number of aromatic nitrogens is 2. The molecule has 0 bridgehead atoms. The second-order valence-electron chi connectivity index (χ2n) is 3.68. The summed E-state index contributed by atoms with van der Waals surface area (Å²) in [4.78, 5) is 19.4. The summed E-state index contributed by atoms with van der Waals surface area (Å²) in [5.74, 6) is -0.414. The van der Waals surface area contributed by atoms with Crippen LogP contribution in [0.2, 0.25) is 0 Å². The monoisotopic (exact) mass is 279 g/mol. The maximum atomic E-state index is 10.9. The average molecular weight is 279 g/mol. The molecule has 0 saturated heterocycles. The van der Waals surface area contributed by atoms with Crippen molar-refractivity contribution in [3.63, 3.8) is 0 Å². The van der Waals surface area contributed by atoms with Crippen LogP contribution in [-0.4, -0.2) is 27.7 Å². The van der Waals surface area contributed by atoms with Crippen molar-refractivity contribution in [2.75, 3.05) is 11.9 Å². The first-order valence-electron chi connectivity index (χ1n) is 5.66. The van der Waals surface area contributed by atoms with E-state index >= 15 is 0 Å². The molecule has 2 N–H and O–H groups in total. The fourth-order valence-electron chi connectivity index (χ4n) is 1.46. The number of nitrogens with zero attached hydrogens (tertiary/aromatic N) is 2. The smallest absolute Gasteiger partial charge is 0.347 e. The van der Waals surface area contributed by atoms with Crippen LogP contribution in [0, 0.1) is 6.92 Å². The van der Waals surface area contributed by atoms with Crippen molar-refractivity contribution in [3.8, 4) is 5.88 Å². The Kier molecular flexibility index (Phi) is 3.96. The van der Waals surface area contributed by atoms with E-state index < -0.39 is 5.97 Å². The zero-order valence-electron chi connectivity index (χ0n) is 10.5. The second kappa shape index (κ2) is 5.66. The number of pyridine rings is 1. The molecule has 6 nitrogen and oxygen atoms in total. The van der Waals surface area contributed by atoms with Gasteiger partial charge in [0.05, 0.1) is 24.2 Å². The first kappa shape index (κ1) is 13.3. The zero-order chi connectivity index (χ0) is 13.8. The number of anilines is 2. The van der Waals surface area contributed by atoms with Crippen molar-refractivity contribution in [1.82, 2.24) is 9.97 Å². The van der Waals surface area contributed by atoms with E-state index in [0.717, 1.165) is 17.0 Å². The fourth-order valence-corrected chi connectivity index (χ4v) is 2.28. The summed E-state index contributed by atoms with van der Waals surface area (Å²) < 4.78 is 5.24. The maximum absolute atomic E-state index is 10.9. The molecule has 0 spiro atoms. The quantitative estimate of drug-likeness (QED) is 0.875. The Bertz CT molecular complexity index is 580. The minimum absolute atomic E-state index is 0.237. The van der Waals surface area contributed by atoms with Gasteiger partial charge in [-0.25, -0.2) is 14.8 Å². The van der Waals surface area contributed by atoms with E-state index in [-0.39, 0.29) is 4.88 Å². The van der Waals surface area contributed by atoms with Crippen LogP contribution in [0.25, 0.3) is 0 Å². The molecule has 0 aliphatic rings. The molecule has 0 unspecified atom stereocenters. The summed E-state index contributed by atoms with van der Waals surface area (Å²) in [5.41, 5.74) is 1.23. The van der Waals surface area contributed by atoms with Crippen LogP contribution >= 0.6 is 11.3 Å². The van der Waals surface area contributed by atoms with Gasteiger partial charge in [0.15, 0.2) is 5.13 Å². The molecule has 0 saturated carbocycles. The number of carboxylic acids is 1. The van der Waals surface area contributed by atoms with Gasteiger partial charge in [0.25, 0.3) is 0 Å². The number of carbonyl (C=O) groups is 1. The molecule has 2 heterocycles. The van der Waals surface area contributed by atoms with Crippen molar-refractivity contribution in [2.24, 2.45) is 0 Å². The largest absolute Gasteiger partial charge is 0.478 e. The lowest BCUT2D eigenvalue weighted by Crippen LogP contribution is -1.95. The van der Waals surface area contributed by atoms with Crippen LogP contribution in [0.5, 0.6) is 5.88 Å². The Morgan fingerprint density at radius 1 is 1.53 bits per heavy atom. The van der Waals surface area contributed by atoms with E-state index in [1.54, 1.807) is 25.3 Å². The number of thiazole rings is 1. The summed E-state index contributed by atoms with van der Waals surface area (Å²) in [6.07, 6.45) is 1.61. The molecule has 19 heavy (non-hydrogen) atoms. The third-order valence-corrected chi connectivity index (χ3v) is 3.33. The summed E-state index contributed by atoms with van der Waals surface area (Å²) in [6.45, 7) is 4.12. The summed E-state index contributed by atoms with van der Waals surface area (Å²) in [7, 11) is 0. The van der Waals surface area contributed by atoms with Gasteiger partial charge in [0, 0.05) is 6.07 Å². The second-order valence-corrected chi connectivity index (χ2v) is 4.68. The zero-order valence-corrected chi connectivity index (χ0v) is 11.3. The summed E-state index contributed by atoms with van der Waals surface area (Å²) in [5, 5.41) is 12.5. The van der Waals surface area contributed by atoms with Gasteiger partial charge in [-0.15, -0.1) is 0 Å². The molecule has 7 heteroatoms. The first-order chi connectivity index (χ1) is 9.10. The number of hydrogen-bond acceptors (Lipinski definition) is 6. The Balaban J connectivity index is 2.12. The molecule has 0 atom stereocenters. The molecular weight excluding hydrogens is 266 g/mol. The minimum atomic E-state index is -0.965. The lowest BCUT2D eigenvalue weighted by molar-refractivity contribution is 0.0701. The van der Waals surface area contributed by atoms with E-state index in [1.165, 1.54) is 0 Å². The van der Waals surface area contributed by atoms with Gasteiger partial charge in [-0.3, -0.25) is 0 Å². The SMILES string of the molecule is CCOc1ccc(Nc2nc(C)c(C(=O)O)s2)cn1. The van der Waals surface area contributed by atoms with Gasteiger partial charge in [-0.1, -0.05) is 11.3 Å². The van der Waals surface area contributed by atoms with E-state index in [4.69, 9.17) is 9.84 Å². The number of carboxylic acid groups (broad SMARTS) is 1. The number of rotatable bonds is 5. The van der Waals surface area contributed by atoms with Gasteiger partial charge >= 0.3 is 5.97 Å².